The lowest BCUT2D eigenvalue weighted by atomic mass is 10.1. The van der Waals surface area contributed by atoms with Gasteiger partial charge in [-0.25, -0.2) is 0 Å². The number of benzene rings is 1. The monoisotopic (exact) mass is 328 g/mol. The van der Waals surface area contributed by atoms with Crippen molar-refractivity contribution in [1.29, 1.82) is 0 Å². The van der Waals surface area contributed by atoms with Gasteiger partial charge < -0.3 is 14.6 Å². The number of aryl methyl sites for hydroxylation is 1. The third kappa shape index (κ3) is 4.00. The smallest absolute Gasteiger partial charge is 0.251 e. The Morgan fingerprint density at radius 2 is 2.04 bits per heavy atom. The Labute approximate surface area is 142 Å². The Kier molecular flexibility index (Phi) is 5.59. The number of carbonyl (C=O) groups excluding carboxylic acids is 1. The number of ether oxygens (including phenoxy) is 1. The molecule has 128 valence electrons. The van der Waals surface area contributed by atoms with Crippen LogP contribution in [-0.2, 0) is 30.7 Å². The van der Waals surface area contributed by atoms with Crippen molar-refractivity contribution < 1.29 is 9.53 Å². The van der Waals surface area contributed by atoms with Crippen LogP contribution in [0.15, 0.2) is 24.3 Å². The molecule has 1 amide bonds. The fourth-order valence-corrected chi connectivity index (χ4v) is 3.04. The standard InChI is InChI=1S/C18H24N4O2/c1-24-13-14-6-8-15(9-7-14)18(23)19-11-10-17-21-20-16-5-3-2-4-12-22(16)17/h6-9H,2-5,10-13H2,1H3,(H,19,23). The molecule has 24 heavy (non-hydrogen) atoms. The largest absolute Gasteiger partial charge is 0.380 e. The van der Waals surface area contributed by atoms with Gasteiger partial charge in [0.15, 0.2) is 0 Å². The van der Waals surface area contributed by atoms with Gasteiger partial charge in [-0.05, 0) is 30.5 Å². The van der Waals surface area contributed by atoms with Crippen molar-refractivity contribution in [3.63, 3.8) is 0 Å². The first-order chi connectivity index (χ1) is 11.8. The van der Waals surface area contributed by atoms with Gasteiger partial charge in [0.05, 0.1) is 6.61 Å². The van der Waals surface area contributed by atoms with Gasteiger partial charge in [-0.1, -0.05) is 18.6 Å². The summed E-state index contributed by atoms with van der Waals surface area (Å²) < 4.78 is 7.29. The van der Waals surface area contributed by atoms with Crippen molar-refractivity contribution in [3.8, 4) is 0 Å². The highest BCUT2D eigenvalue weighted by molar-refractivity contribution is 5.94. The molecule has 0 spiro atoms. The second-order valence-corrected chi connectivity index (χ2v) is 6.13. The van der Waals surface area contributed by atoms with Gasteiger partial charge in [0.2, 0.25) is 0 Å². The van der Waals surface area contributed by atoms with E-state index in [1.807, 2.05) is 24.3 Å². The van der Waals surface area contributed by atoms with Crippen LogP contribution in [0.25, 0.3) is 0 Å². The number of hydrogen-bond acceptors (Lipinski definition) is 4. The molecule has 0 radical (unpaired) electrons. The van der Waals surface area contributed by atoms with Crippen molar-refractivity contribution in [2.24, 2.45) is 0 Å². The zero-order valence-corrected chi connectivity index (χ0v) is 14.1. The highest BCUT2D eigenvalue weighted by atomic mass is 16.5. The first-order valence-corrected chi connectivity index (χ1v) is 8.55. The lowest BCUT2D eigenvalue weighted by Crippen LogP contribution is -2.26. The summed E-state index contributed by atoms with van der Waals surface area (Å²) in [5.74, 6) is 2.00. The number of rotatable bonds is 6. The molecule has 0 saturated carbocycles. The first kappa shape index (κ1) is 16.6. The second kappa shape index (κ2) is 8.06. The van der Waals surface area contributed by atoms with Gasteiger partial charge in [0.25, 0.3) is 5.91 Å². The Balaban J connectivity index is 1.53. The quantitative estimate of drug-likeness (QED) is 0.882. The highest BCUT2D eigenvalue weighted by Gasteiger charge is 2.14. The van der Waals surface area contributed by atoms with Gasteiger partial charge in [-0.3, -0.25) is 4.79 Å². The average molecular weight is 328 g/mol. The van der Waals surface area contributed by atoms with Crippen LogP contribution in [0.5, 0.6) is 0 Å². The van der Waals surface area contributed by atoms with E-state index in [2.05, 4.69) is 20.1 Å². The minimum atomic E-state index is -0.0606. The maximum absolute atomic E-state index is 12.2. The van der Waals surface area contributed by atoms with Crippen LogP contribution in [-0.4, -0.2) is 34.3 Å². The molecule has 0 unspecified atom stereocenters. The molecule has 0 fully saturated rings. The number of methoxy groups -OCH3 is 1. The Bertz CT molecular complexity index is 679. The second-order valence-electron chi connectivity index (χ2n) is 6.13. The van der Waals surface area contributed by atoms with Crippen LogP contribution in [0.1, 0.15) is 46.8 Å². The summed E-state index contributed by atoms with van der Waals surface area (Å²) in [5, 5.41) is 11.5. The minimum Gasteiger partial charge on any atom is -0.380 e. The third-order valence-electron chi connectivity index (χ3n) is 4.35. The molecule has 0 saturated heterocycles. The summed E-state index contributed by atoms with van der Waals surface area (Å²) in [6.45, 7) is 2.11. The van der Waals surface area contributed by atoms with E-state index in [0.717, 1.165) is 30.2 Å². The summed E-state index contributed by atoms with van der Waals surface area (Å²) >= 11 is 0. The molecule has 2 aromatic rings. The van der Waals surface area contributed by atoms with Crippen LogP contribution in [0.4, 0.5) is 0 Å². The molecule has 1 aromatic carbocycles. The summed E-state index contributed by atoms with van der Waals surface area (Å²) in [4.78, 5) is 12.2. The number of fused-ring (bicyclic) bond motifs is 1. The summed E-state index contributed by atoms with van der Waals surface area (Å²) in [6.07, 6.45) is 5.33. The van der Waals surface area contributed by atoms with Crippen LogP contribution in [0.2, 0.25) is 0 Å². The predicted molar refractivity (Wildman–Crippen MR) is 90.8 cm³/mol. The van der Waals surface area contributed by atoms with Gasteiger partial charge in [-0.15, -0.1) is 10.2 Å². The van der Waals surface area contributed by atoms with Crippen molar-refractivity contribution in [2.75, 3.05) is 13.7 Å². The lowest BCUT2D eigenvalue weighted by molar-refractivity contribution is 0.0953. The van der Waals surface area contributed by atoms with E-state index in [1.165, 1.54) is 19.3 Å². The third-order valence-corrected chi connectivity index (χ3v) is 4.35. The van der Waals surface area contributed by atoms with E-state index in [-0.39, 0.29) is 5.91 Å². The molecule has 0 bridgehead atoms. The molecular weight excluding hydrogens is 304 g/mol. The number of nitrogens with one attached hydrogen (secondary N) is 1. The average Bonchev–Trinajstić information content (AvgIpc) is 2.83. The number of aromatic nitrogens is 3. The SMILES string of the molecule is COCc1ccc(C(=O)NCCc2nnc3n2CCCCC3)cc1. The Hall–Kier alpha value is -2.21. The summed E-state index contributed by atoms with van der Waals surface area (Å²) in [5.41, 5.74) is 1.72. The highest BCUT2D eigenvalue weighted by Crippen LogP contribution is 2.14. The van der Waals surface area contributed by atoms with Gasteiger partial charge in [0, 0.05) is 38.6 Å². The van der Waals surface area contributed by atoms with E-state index < -0.39 is 0 Å². The van der Waals surface area contributed by atoms with Crippen molar-refractivity contribution >= 4 is 5.91 Å². The van der Waals surface area contributed by atoms with E-state index in [1.54, 1.807) is 7.11 Å². The molecule has 6 nitrogen and oxygen atoms in total. The molecular formula is C18H24N4O2. The molecule has 0 aliphatic carbocycles. The van der Waals surface area contributed by atoms with Gasteiger partial charge >= 0.3 is 0 Å². The van der Waals surface area contributed by atoms with E-state index >= 15 is 0 Å². The van der Waals surface area contributed by atoms with Gasteiger partial charge in [-0.2, -0.15) is 0 Å². The van der Waals surface area contributed by atoms with Crippen molar-refractivity contribution in [3.05, 3.63) is 47.0 Å². The van der Waals surface area contributed by atoms with E-state index in [9.17, 15) is 4.79 Å². The zero-order chi connectivity index (χ0) is 16.8. The molecule has 2 heterocycles. The number of carbonyl (C=O) groups is 1. The topological polar surface area (TPSA) is 69.0 Å². The fraction of sp³-hybridized carbons (Fsp3) is 0.500. The predicted octanol–water partition coefficient (Wildman–Crippen LogP) is 2.12. The Morgan fingerprint density at radius 3 is 2.83 bits per heavy atom. The molecule has 3 rings (SSSR count). The van der Waals surface area contributed by atoms with Crippen LogP contribution < -0.4 is 5.32 Å². The first-order valence-electron chi connectivity index (χ1n) is 8.55. The Morgan fingerprint density at radius 1 is 1.21 bits per heavy atom. The summed E-state index contributed by atoms with van der Waals surface area (Å²) in [6, 6.07) is 7.48. The van der Waals surface area contributed by atoms with Crippen molar-refractivity contribution in [2.45, 2.75) is 45.3 Å². The molecule has 6 heteroatoms. The number of hydrogen-bond donors (Lipinski definition) is 1. The lowest BCUT2D eigenvalue weighted by Gasteiger charge is -2.08. The number of amides is 1. The van der Waals surface area contributed by atoms with E-state index in [0.29, 0.717) is 25.1 Å². The fourth-order valence-electron chi connectivity index (χ4n) is 3.04. The summed E-state index contributed by atoms with van der Waals surface area (Å²) in [7, 11) is 1.66. The van der Waals surface area contributed by atoms with Crippen LogP contribution in [0.3, 0.4) is 0 Å². The molecule has 1 aliphatic heterocycles. The maximum Gasteiger partial charge on any atom is 0.251 e. The molecule has 1 aromatic heterocycles. The van der Waals surface area contributed by atoms with Crippen LogP contribution >= 0.6 is 0 Å². The van der Waals surface area contributed by atoms with Gasteiger partial charge in [0.1, 0.15) is 11.6 Å². The number of nitrogens with zero attached hydrogens (tertiary/aromatic N) is 3. The minimum absolute atomic E-state index is 0.0606. The normalized spacial score (nSPS) is 14.0. The zero-order valence-electron chi connectivity index (χ0n) is 14.1. The molecule has 1 N–H and O–H groups in total. The van der Waals surface area contributed by atoms with E-state index in [4.69, 9.17) is 4.74 Å². The van der Waals surface area contributed by atoms with Crippen LogP contribution in [0, 0.1) is 0 Å². The molecule has 1 aliphatic rings. The van der Waals surface area contributed by atoms with Crippen molar-refractivity contribution in [1.82, 2.24) is 20.1 Å². The molecule has 0 atom stereocenters. The maximum atomic E-state index is 12.2.